The Bertz CT molecular complexity index is 1010. The Balaban J connectivity index is 2.26. The fourth-order valence-electron chi connectivity index (χ4n) is 5.16. The Hall–Kier alpha value is -3.40. The maximum Gasteiger partial charge on any atom is 0.405 e. The van der Waals surface area contributed by atoms with Gasteiger partial charge in [0, 0.05) is 12.6 Å². The number of rotatable bonds is 16. The van der Waals surface area contributed by atoms with E-state index in [0.717, 1.165) is 12.0 Å². The molecule has 1 fully saturated rings. The Morgan fingerprint density at radius 1 is 1.02 bits per heavy atom. The van der Waals surface area contributed by atoms with Crippen LogP contribution in [-0.2, 0) is 20.8 Å². The number of unbranched alkanes of at least 4 members (excludes halogenated alkanes) is 1. The van der Waals surface area contributed by atoms with Gasteiger partial charge >= 0.3 is 6.09 Å². The molecule has 1 saturated heterocycles. The molecule has 0 saturated carbocycles. The van der Waals surface area contributed by atoms with Crippen molar-refractivity contribution in [3.63, 3.8) is 0 Å². The zero-order valence-corrected chi connectivity index (χ0v) is 25.0. The first-order valence-corrected chi connectivity index (χ1v) is 14.8. The summed E-state index contributed by atoms with van der Waals surface area (Å²) in [6.45, 7) is 8.70. The molecular weight excluding hydrogens is 522 g/mol. The van der Waals surface area contributed by atoms with Crippen molar-refractivity contribution in [2.45, 2.75) is 96.8 Å². The van der Waals surface area contributed by atoms with Gasteiger partial charge in [-0.05, 0) is 76.8 Å². The molecule has 1 aliphatic heterocycles. The van der Waals surface area contributed by atoms with E-state index in [1.165, 1.54) is 0 Å². The molecule has 0 unspecified atom stereocenters. The van der Waals surface area contributed by atoms with Crippen LogP contribution in [0.15, 0.2) is 42.5 Å². The number of hydrogen-bond acceptors (Lipinski definition) is 5. The summed E-state index contributed by atoms with van der Waals surface area (Å²) >= 11 is 0. The van der Waals surface area contributed by atoms with Crippen molar-refractivity contribution in [1.29, 1.82) is 0 Å². The van der Waals surface area contributed by atoms with Crippen molar-refractivity contribution in [3.05, 3.63) is 48.0 Å². The smallest absolute Gasteiger partial charge is 0.405 e. The van der Waals surface area contributed by atoms with E-state index in [1.807, 2.05) is 58.0 Å². The molecule has 1 heterocycles. The van der Waals surface area contributed by atoms with Gasteiger partial charge < -0.3 is 31.7 Å². The van der Waals surface area contributed by atoms with Gasteiger partial charge in [0.2, 0.25) is 17.7 Å². The van der Waals surface area contributed by atoms with Crippen LogP contribution in [0.3, 0.4) is 0 Å². The lowest BCUT2D eigenvalue weighted by Gasteiger charge is -2.29. The van der Waals surface area contributed by atoms with Crippen LogP contribution in [0, 0.1) is 11.8 Å². The number of nitrogens with two attached hydrogens (primary N) is 1. The molecule has 228 valence electrons. The number of nitrogens with zero attached hydrogens (tertiary/aromatic N) is 1. The molecule has 2 rings (SSSR count). The molecule has 10 nitrogen and oxygen atoms in total. The molecule has 0 spiro atoms. The third-order valence-electron chi connectivity index (χ3n) is 7.07. The maximum absolute atomic E-state index is 14.0. The number of hydrogen-bond donors (Lipinski definition) is 5. The van der Waals surface area contributed by atoms with E-state index in [-0.39, 0.29) is 29.7 Å². The van der Waals surface area contributed by atoms with Gasteiger partial charge in [0.25, 0.3) is 0 Å². The first-order valence-electron chi connectivity index (χ1n) is 14.8. The van der Waals surface area contributed by atoms with E-state index in [2.05, 4.69) is 16.0 Å². The average Bonchev–Trinajstić information content (AvgIpc) is 3.40. The standard InChI is InChI=1S/C31H49N5O5/c1-21(2)19-25(34-31(40)41)16-15-24(20-23-11-6-5-7-12-23)30(39)36-18-10-14-27(36)29(38)35-26(13-8-9-17-32)28(37)33-22(3)4/h5-7,11-12,15-16,21-22,24-27,34H,8-10,13-14,17-20,32H2,1-4H3,(H,33,37)(H,35,38)(H,40,41)/b16-15+/t24-,25-,26+,27+/m1/s1. The summed E-state index contributed by atoms with van der Waals surface area (Å²) in [7, 11) is 0. The van der Waals surface area contributed by atoms with Crippen molar-refractivity contribution in [1.82, 2.24) is 20.9 Å². The first kappa shape index (κ1) is 33.8. The van der Waals surface area contributed by atoms with Crippen molar-refractivity contribution in [2.75, 3.05) is 13.1 Å². The Kier molecular flexibility index (Phi) is 14.4. The van der Waals surface area contributed by atoms with E-state index in [1.54, 1.807) is 17.1 Å². The molecule has 4 atom stereocenters. The van der Waals surface area contributed by atoms with Gasteiger partial charge in [-0.3, -0.25) is 14.4 Å². The van der Waals surface area contributed by atoms with Crippen LogP contribution < -0.4 is 21.7 Å². The highest BCUT2D eigenvalue weighted by Crippen LogP contribution is 2.24. The Morgan fingerprint density at radius 2 is 1.73 bits per heavy atom. The highest BCUT2D eigenvalue weighted by molar-refractivity contribution is 5.93. The highest BCUT2D eigenvalue weighted by atomic mass is 16.4. The second kappa shape index (κ2) is 17.4. The molecule has 4 amide bonds. The molecular formula is C31H49N5O5. The molecule has 1 aromatic rings. The summed E-state index contributed by atoms with van der Waals surface area (Å²) in [4.78, 5) is 53.3. The van der Waals surface area contributed by atoms with Crippen LogP contribution in [0.5, 0.6) is 0 Å². The monoisotopic (exact) mass is 571 g/mol. The topological polar surface area (TPSA) is 154 Å². The Morgan fingerprint density at radius 3 is 2.34 bits per heavy atom. The van der Waals surface area contributed by atoms with Crippen molar-refractivity contribution < 1.29 is 24.3 Å². The molecule has 0 bridgehead atoms. The largest absolute Gasteiger partial charge is 0.465 e. The number of carboxylic acid groups (broad SMARTS) is 1. The lowest BCUT2D eigenvalue weighted by molar-refractivity contribution is -0.141. The second-order valence-electron chi connectivity index (χ2n) is 11.6. The van der Waals surface area contributed by atoms with Crippen LogP contribution in [-0.4, -0.2) is 71.1 Å². The number of likely N-dealkylation sites (tertiary alicyclic amines) is 1. The summed E-state index contributed by atoms with van der Waals surface area (Å²) in [5.41, 5.74) is 6.59. The van der Waals surface area contributed by atoms with Crippen molar-refractivity contribution in [3.8, 4) is 0 Å². The third-order valence-corrected chi connectivity index (χ3v) is 7.07. The second-order valence-corrected chi connectivity index (χ2v) is 11.6. The van der Waals surface area contributed by atoms with Gasteiger partial charge in [-0.2, -0.15) is 0 Å². The average molecular weight is 572 g/mol. The minimum Gasteiger partial charge on any atom is -0.465 e. The fourth-order valence-corrected chi connectivity index (χ4v) is 5.16. The predicted octanol–water partition coefficient (Wildman–Crippen LogP) is 3.21. The van der Waals surface area contributed by atoms with Gasteiger partial charge in [0.1, 0.15) is 12.1 Å². The SMILES string of the molecule is CC(C)C[C@@H](/C=C/[C@H](Cc1ccccc1)C(=O)N1CCC[C@H]1C(=O)N[C@@H](CCCCN)C(=O)NC(C)C)NC(=O)O. The van der Waals surface area contributed by atoms with Gasteiger partial charge in [-0.1, -0.05) is 56.3 Å². The number of carbonyl (C=O) groups excluding carboxylic acids is 3. The summed E-state index contributed by atoms with van der Waals surface area (Å²) < 4.78 is 0. The Labute approximate surface area is 244 Å². The number of amides is 4. The maximum atomic E-state index is 14.0. The summed E-state index contributed by atoms with van der Waals surface area (Å²) in [6.07, 6.45) is 6.53. The predicted molar refractivity (Wildman–Crippen MR) is 160 cm³/mol. The number of nitrogens with one attached hydrogen (secondary N) is 3. The lowest BCUT2D eigenvalue weighted by Crippen LogP contribution is -2.54. The summed E-state index contributed by atoms with van der Waals surface area (Å²) in [6, 6.07) is 7.73. The van der Waals surface area contributed by atoms with Crippen LogP contribution in [0.2, 0.25) is 0 Å². The normalized spacial score (nSPS) is 17.4. The van der Waals surface area contributed by atoms with Gasteiger partial charge in [-0.15, -0.1) is 0 Å². The molecule has 1 aliphatic rings. The highest BCUT2D eigenvalue weighted by Gasteiger charge is 2.38. The zero-order chi connectivity index (χ0) is 30.4. The molecule has 1 aromatic carbocycles. The van der Waals surface area contributed by atoms with Crippen LogP contribution >= 0.6 is 0 Å². The molecule has 0 aromatic heterocycles. The van der Waals surface area contributed by atoms with E-state index in [0.29, 0.717) is 51.6 Å². The number of carbonyl (C=O) groups is 4. The van der Waals surface area contributed by atoms with Crippen LogP contribution in [0.1, 0.15) is 71.8 Å². The molecule has 0 aliphatic carbocycles. The van der Waals surface area contributed by atoms with E-state index >= 15 is 0 Å². The van der Waals surface area contributed by atoms with Gasteiger partial charge in [-0.25, -0.2) is 4.79 Å². The van der Waals surface area contributed by atoms with E-state index in [9.17, 15) is 24.3 Å². The summed E-state index contributed by atoms with van der Waals surface area (Å²) in [5.74, 6) is -1.10. The van der Waals surface area contributed by atoms with Gasteiger partial charge in [0.05, 0.1) is 12.0 Å². The molecule has 10 heteroatoms. The van der Waals surface area contributed by atoms with Crippen molar-refractivity contribution >= 4 is 23.8 Å². The third kappa shape index (κ3) is 11.9. The minimum atomic E-state index is -1.12. The fraction of sp³-hybridized carbons (Fsp3) is 0.613. The molecule has 41 heavy (non-hydrogen) atoms. The molecule has 0 radical (unpaired) electrons. The lowest BCUT2D eigenvalue weighted by atomic mass is 9.95. The van der Waals surface area contributed by atoms with E-state index < -0.39 is 30.1 Å². The molecule has 6 N–H and O–H groups in total. The van der Waals surface area contributed by atoms with Crippen LogP contribution in [0.25, 0.3) is 0 Å². The first-order chi connectivity index (χ1) is 19.5. The van der Waals surface area contributed by atoms with Crippen molar-refractivity contribution in [2.24, 2.45) is 17.6 Å². The summed E-state index contributed by atoms with van der Waals surface area (Å²) in [5, 5.41) is 17.6. The zero-order valence-electron chi connectivity index (χ0n) is 25.0. The van der Waals surface area contributed by atoms with E-state index in [4.69, 9.17) is 5.73 Å². The van der Waals surface area contributed by atoms with Crippen LogP contribution in [0.4, 0.5) is 4.79 Å². The van der Waals surface area contributed by atoms with Gasteiger partial charge in [0.15, 0.2) is 0 Å². The minimum absolute atomic E-state index is 0.0679. The number of benzene rings is 1. The quantitative estimate of drug-likeness (QED) is 0.152.